The van der Waals surface area contributed by atoms with Crippen LogP contribution in [0, 0.1) is 5.82 Å². The first-order valence-electron chi connectivity index (χ1n) is 6.19. The molecule has 0 saturated carbocycles. The maximum absolute atomic E-state index is 13.8. The van der Waals surface area contributed by atoms with Gasteiger partial charge in [-0.05, 0) is 31.4 Å². The van der Waals surface area contributed by atoms with Gasteiger partial charge in [0.15, 0.2) is 5.78 Å². The van der Waals surface area contributed by atoms with Gasteiger partial charge in [-0.3, -0.25) is 4.79 Å². The maximum atomic E-state index is 13.8. The molecule has 1 atom stereocenters. The van der Waals surface area contributed by atoms with Crippen LogP contribution in [0.2, 0.25) is 0 Å². The van der Waals surface area contributed by atoms with Crippen molar-refractivity contribution < 1.29 is 13.9 Å². The predicted molar refractivity (Wildman–Crippen MR) is 66.2 cm³/mol. The summed E-state index contributed by atoms with van der Waals surface area (Å²) < 4.78 is 19.3. The molecule has 1 aromatic carbocycles. The van der Waals surface area contributed by atoms with Crippen molar-refractivity contribution >= 4 is 16.7 Å². The smallest absolute Gasteiger partial charge is 0.193 e. The van der Waals surface area contributed by atoms with E-state index < -0.39 is 6.10 Å². The number of hydrogen-bond acceptors (Lipinski definition) is 2. The lowest BCUT2D eigenvalue weighted by molar-refractivity contribution is 0.0187. The zero-order valence-corrected chi connectivity index (χ0v) is 9.91. The Morgan fingerprint density at radius 3 is 3.06 bits per heavy atom. The number of carbonyl (C=O) groups excluding carboxylic acids is 1. The van der Waals surface area contributed by atoms with E-state index in [-0.39, 0.29) is 11.6 Å². The molecule has 1 aliphatic heterocycles. The highest BCUT2D eigenvalue weighted by atomic mass is 19.1. The highest BCUT2D eigenvalue weighted by Gasteiger charge is 2.26. The summed E-state index contributed by atoms with van der Waals surface area (Å²) in [5.41, 5.74) is 1.05. The monoisotopic (exact) mass is 247 g/mol. The van der Waals surface area contributed by atoms with E-state index in [4.69, 9.17) is 4.74 Å². The number of ketones is 1. The van der Waals surface area contributed by atoms with Crippen molar-refractivity contribution in [1.29, 1.82) is 0 Å². The van der Waals surface area contributed by atoms with Crippen molar-refractivity contribution in [3.8, 4) is 0 Å². The number of H-pyrrole nitrogens is 1. The van der Waals surface area contributed by atoms with Crippen LogP contribution in [-0.4, -0.2) is 23.5 Å². The highest BCUT2D eigenvalue weighted by Crippen LogP contribution is 2.25. The number of aromatic amines is 1. The zero-order valence-electron chi connectivity index (χ0n) is 9.91. The Kier molecular flexibility index (Phi) is 2.88. The first kappa shape index (κ1) is 11.4. The number of fused-ring (bicyclic) bond motifs is 1. The van der Waals surface area contributed by atoms with Crippen LogP contribution >= 0.6 is 0 Å². The SMILES string of the molecule is O=C(c1c[nH]c2cccc(F)c12)C1CCCCO1. The summed E-state index contributed by atoms with van der Waals surface area (Å²) in [6, 6.07) is 4.76. The average molecular weight is 247 g/mol. The minimum atomic E-state index is -0.419. The van der Waals surface area contributed by atoms with E-state index in [9.17, 15) is 9.18 Å². The molecule has 0 bridgehead atoms. The molecule has 2 aromatic rings. The van der Waals surface area contributed by atoms with Crippen LogP contribution in [0.25, 0.3) is 10.9 Å². The molecule has 1 saturated heterocycles. The second-order valence-corrected chi connectivity index (χ2v) is 4.58. The third kappa shape index (κ3) is 1.82. The first-order valence-corrected chi connectivity index (χ1v) is 6.19. The lowest BCUT2D eigenvalue weighted by Crippen LogP contribution is -2.28. The van der Waals surface area contributed by atoms with Gasteiger partial charge in [0, 0.05) is 29.3 Å². The van der Waals surface area contributed by atoms with Gasteiger partial charge in [-0.15, -0.1) is 0 Å². The summed E-state index contributed by atoms with van der Waals surface area (Å²) in [5, 5.41) is 0.372. The Hall–Kier alpha value is -1.68. The molecule has 4 heteroatoms. The van der Waals surface area contributed by atoms with Gasteiger partial charge >= 0.3 is 0 Å². The van der Waals surface area contributed by atoms with Gasteiger partial charge < -0.3 is 9.72 Å². The molecule has 1 aliphatic rings. The molecule has 0 spiro atoms. The van der Waals surface area contributed by atoms with Gasteiger partial charge in [-0.25, -0.2) is 4.39 Å². The minimum absolute atomic E-state index is 0.119. The lowest BCUT2D eigenvalue weighted by Gasteiger charge is -2.20. The molecule has 0 radical (unpaired) electrons. The fourth-order valence-electron chi connectivity index (χ4n) is 2.46. The lowest BCUT2D eigenvalue weighted by atomic mass is 9.99. The highest BCUT2D eigenvalue weighted by molar-refractivity contribution is 6.10. The van der Waals surface area contributed by atoms with E-state index in [1.807, 2.05) is 0 Å². The Labute approximate surface area is 104 Å². The maximum Gasteiger partial charge on any atom is 0.193 e. The molecule has 18 heavy (non-hydrogen) atoms. The van der Waals surface area contributed by atoms with Crippen LogP contribution < -0.4 is 0 Å². The molecule has 0 aliphatic carbocycles. The second-order valence-electron chi connectivity index (χ2n) is 4.58. The molecule has 3 rings (SSSR count). The zero-order chi connectivity index (χ0) is 12.5. The largest absolute Gasteiger partial charge is 0.370 e. The fourth-order valence-corrected chi connectivity index (χ4v) is 2.46. The normalized spacial score (nSPS) is 20.2. The van der Waals surface area contributed by atoms with Crippen LogP contribution in [0.15, 0.2) is 24.4 Å². The van der Waals surface area contributed by atoms with E-state index in [1.54, 1.807) is 18.3 Å². The molecule has 1 aromatic heterocycles. The number of halogens is 1. The Bertz CT molecular complexity index is 584. The van der Waals surface area contributed by atoms with Gasteiger partial charge in [-0.2, -0.15) is 0 Å². The molecular formula is C14H14FNO2. The summed E-state index contributed by atoms with van der Waals surface area (Å²) in [5.74, 6) is -0.487. The Balaban J connectivity index is 2.01. The van der Waals surface area contributed by atoms with Crippen LogP contribution in [-0.2, 0) is 4.74 Å². The summed E-state index contributed by atoms with van der Waals surface area (Å²) >= 11 is 0. The van der Waals surface area contributed by atoms with Gasteiger partial charge in [0.25, 0.3) is 0 Å². The third-order valence-electron chi connectivity index (χ3n) is 3.39. The summed E-state index contributed by atoms with van der Waals surface area (Å²) in [4.78, 5) is 15.2. The predicted octanol–water partition coefficient (Wildman–Crippen LogP) is 3.06. The van der Waals surface area contributed by atoms with Crippen LogP contribution in [0.1, 0.15) is 29.6 Å². The number of benzene rings is 1. The number of Topliss-reactive ketones (excluding diaryl/α,β-unsaturated/α-hetero) is 1. The van der Waals surface area contributed by atoms with E-state index in [0.717, 1.165) is 19.3 Å². The molecule has 0 amide bonds. The third-order valence-corrected chi connectivity index (χ3v) is 3.39. The summed E-state index contributed by atoms with van der Waals surface area (Å²) in [6.45, 7) is 0.612. The first-order chi connectivity index (χ1) is 8.77. The van der Waals surface area contributed by atoms with Crippen molar-refractivity contribution in [3.05, 3.63) is 35.8 Å². The summed E-state index contributed by atoms with van der Waals surface area (Å²) in [6.07, 6.45) is 3.86. The van der Waals surface area contributed by atoms with Crippen molar-refractivity contribution in [2.75, 3.05) is 6.61 Å². The topological polar surface area (TPSA) is 42.1 Å². The molecule has 2 heterocycles. The van der Waals surface area contributed by atoms with E-state index >= 15 is 0 Å². The van der Waals surface area contributed by atoms with E-state index in [1.165, 1.54) is 6.07 Å². The van der Waals surface area contributed by atoms with Crippen molar-refractivity contribution in [2.45, 2.75) is 25.4 Å². The van der Waals surface area contributed by atoms with Gasteiger partial charge in [-0.1, -0.05) is 6.07 Å². The Morgan fingerprint density at radius 1 is 1.39 bits per heavy atom. The molecule has 1 N–H and O–H groups in total. The molecule has 3 nitrogen and oxygen atoms in total. The average Bonchev–Trinajstić information content (AvgIpc) is 2.84. The molecule has 1 fully saturated rings. The van der Waals surface area contributed by atoms with Gasteiger partial charge in [0.05, 0.1) is 0 Å². The fraction of sp³-hybridized carbons (Fsp3) is 0.357. The van der Waals surface area contributed by atoms with Gasteiger partial charge in [0.1, 0.15) is 11.9 Å². The van der Waals surface area contributed by atoms with Crippen molar-refractivity contribution in [3.63, 3.8) is 0 Å². The minimum Gasteiger partial charge on any atom is -0.370 e. The summed E-state index contributed by atoms with van der Waals surface area (Å²) in [7, 11) is 0. The number of carbonyl (C=O) groups is 1. The number of aromatic nitrogens is 1. The van der Waals surface area contributed by atoms with Crippen molar-refractivity contribution in [1.82, 2.24) is 4.98 Å². The number of hydrogen-bond donors (Lipinski definition) is 1. The Morgan fingerprint density at radius 2 is 2.28 bits per heavy atom. The molecule has 94 valence electrons. The second kappa shape index (κ2) is 4.53. The number of rotatable bonds is 2. The number of ether oxygens (including phenoxy) is 1. The quantitative estimate of drug-likeness (QED) is 0.829. The standard InChI is InChI=1S/C14H14FNO2/c15-10-4-3-5-11-13(10)9(8-16-11)14(17)12-6-1-2-7-18-12/h3-5,8,12,16H,1-2,6-7H2. The van der Waals surface area contributed by atoms with Crippen LogP contribution in [0.3, 0.4) is 0 Å². The number of nitrogens with one attached hydrogen (secondary N) is 1. The van der Waals surface area contributed by atoms with Crippen LogP contribution in [0.4, 0.5) is 4.39 Å². The van der Waals surface area contributed by atoms with E-state index in [2.05, 4.69) is 4.98 Å². The van der Waals surface area contributed by atoms with Crippen LogP contribution in [0.5, 0.6) is 0 Å². The molecule has 1 unspecified atom stereocenters. The molecular weight excluding hydrogens is 233 g/mol. The van der Waals surface area contributed by atoms with Gasteiger partial charge in [0.2, 0.25) is 0 Å². The van der Waals surface area contributed by atoms with E-state index in [0.29, 0.717) is 23.1 Å². The van der Waals surface area contributed by atoms with Crippen molar-refractivity contribution in [2.24, 2.45) is 0 Å².